The summed E-state index contributed by atoms with van der Waals surface area (Å²) >= 11 is 0. The summed E-state index contributed by atoms with van der Waals surface area (Å²) in [5.74, 6) is 0.874. The molecule has 4 nitrogen and oxygen atoms in total. The first-order valence-corrected chi connectivity index (χ1v) is 7.82. The van der Waals surface area contributed by atoms with E-state index in [2.05, 4.69) is 5.32 Å². The average molecular weight is 290 g/mol. The third-order valence-corrected chi connectivity index (χ3v) is 4.04. The smallest absolute Gasteiger partial charge is 0.221 e. The van der Waals surface area contributed by atoms with Crippen LogP contribution < -0.4 is 15.8 Å². The summed E-state index contributed by atoms with van der Waals surface area (Å²) in [6.45, 7) is 3.02. The van der Waals surface area contributed by atoms with Gasteiger partial charge >= 0.3 is 0 Å². The highest BCUT2D eigenvalue weighted by atomic mass is 16.5. The molecule has 0 saturated heterocycles. The molecule has 1 aliphatic rings. The van der Waals surface area contributed by atoms with E-state index in [9.17, 15) is 4.79 Å². The van der Waals surface area contributed by atoms with Crippen LogP contribution in [-0.2, 0) is 4.79 Å². The number of nitrogens with one attached hydrogen (secondary N) is 1. The maximum Gasteiger partial charge on any atom is 0.221 e. The van der Waals surface area contributed by atoms with E-state index in [1.807, 2.05) is 31.2 Å². The minimum Gasteiger partial charge on any atom is -0.492 e. The van der Waals surface area contributed by atoms with Gasteiger partial charge in [-0.2, -0.15) is 0 Å². The van der Waals surface area contributed by atoms with Gasteiger partial charge in [0.15, 0.2) is 0 Å². The number of hydrogen-bond acceptors (Lipinski definition) is 3. The molecular formula is C17H26N2O2. The van der Waals surface area contributed by atoms with Gasteiger partial charge in [0.1, 0.15) is 12.4 Å². The predicted octanol–water partition coefficient (Wildman–Crippen LogP) is 2.54. The highest BCUT2D eigenvalue weighted by Gasteiger charge is 2.29. The van der Waals surface area contributed by atoms with E-state index in [1.165, 1.54) is 12.0 Å². The summed E-state index contributed by atoms with van der Waals surface area (Å²) in [6, 6.07) is 7.90. The number of carbonyl (C=O) groups excluding carboxylic acids is 1. The molecule has 1 amide bonds. The van der Waals surface area contributed by atoms with Crippen molar-refractivity contribution in [2.75, 3.05) is 13.2 Å². The van der Waals surface area contributed by atoms with Gasteiger partial charge in [-0.1, -0.05) is 31.4 Å². The van der Waals surface area contributed by atoms with E-state index in [0.29, 0.717) is 19.6 Å². The summed E-state index contributed by atoms with van der Waals surface area (Å²) < 4.78 is 5.61. The third-order valence-electron chi connectivity index (χ3n) is 4.04. The molecule has 1 fully saturated rings. The Labute approximate surface area is 127 Å². The first kappa shape index (κ1) is 15.8. The Morgan fingerprint density at radius 3 is 2.81 bits per heavy atom. The van der Waals surface area contributed by atoms with Crippen molar-refractivity contribution in [1.82, 2.24) is 5.32 Å². The molecule has 0 spiro atoms. The molecule has 21 heavy (non-hydrogen) atoms. The molecule has 0 aliphatic heterocycles. The van der Waals surface area contributed by atoms with E-state index in [1.54, 1.807) is 0 Å². The lowest BCUT2D eigenvalue weighted by molar-refractivity contribution is -0.122. The molecule has 0 atom stereocenters. The van der Waals surface area contributed by atoms with E-state index in [4.69, 9.17) is 10.5 Å². The Bertz CT molecular complexity index is 468. The van der Waals surface area contributed by atoms with Crippen LogP contribution in [0.3, 0.4) is 0 Å². The minimum atomic E-state index is -0.292. The van der Waals surface area contributed by atoms with Gasteiger partial charge in [0.25, 0.3) is 0 Å². The van der Waals surface area contributed by atoms with Gasteiger partial charge in [-0.3, -0.25) is 4.79 Å². The fourth-order valence-corrected chi connectivity index (χ4v) is 2.88. The van der Waals surface area contributed by atoms with Crippen molar-refractivity contribution in [3.63, 3.8) is 0 Å². The van der Waals surface area contributed by atoms with Crippen molar-refractivity contribution in [2.24, 2.45) is 5.73 Å². The number of hydrogen-bond donors (Lipinski definition) is 2. The van der Waals surface area contributed by atoms with E-state index >= 15 is 0 Å². The van der Waals surface area contributed by atoms with Gasteiger partial charge < -0.3 is 15.8 Å². The standard InChI is InChI=1S/C17H26N2O2/c1-14-6-5-7-15(12-14)21-11-10-19-16(20)13-17(18)8-3-2-4-9-17/h5-7,12H,2-4,8-11,13,18H2,1H3,(H,19,20). The maximum atomic E-state index is 11.9. The minimum absolute atomic E-state index is 0.0345. The first-order chi connectivity index (χ1) is 10.1. The number of rotatable bonds is 6. The summed E-state index contributed by atoms with van der Waals surface area (Å²) in [7, 11) is 0. The lowest BCUT2D eigenvalue weighted by Crippen LogP contribution is -2.46. The molecule has 3 N–H and O–H groups in total. The van der Waals surface area contributed by atoms with E-state index < -0.39 is 0 Å². The molecule has 1 aliphatic carbocycles. The molecule has 0 bridgehead atoms. The Hall–Kier alpha value is -1.55. The fraction of sp³-hybridized carbons (Fsp3) is 0.588. The molecule has 0 unspecified atom stereocenters. The van der Waals surface area contributed by atoms with Gasteiger partial charge in [0, 0.05) is 12.0 Å². The monoisotopic (exact) mass is 290 g/mol. The fourth-order valence-electron chi connectivity index (χ4n) is 2.88. The highest BCUT2D eigenvalue weighted by molar-refractivity contribution is 5.77. The van der Waals surface area contributed by atoms with Crippen molar-refractivity contribution < 1.29 is 9.53 Å². The van der Waals surface area contributed by atoms with Crippen molar-refractivity contribution in [3.8, 4) is 5.75 Å². The molecular weight excluding hydrogens is 264 g/mol. The lowest BCUT2D eigenvalue weighted by Gasteiger charge is -2.32. The topological polar surface area (TPSA) is 64.3 Å². The highest BCUT2D eigenvalue weighted by Crippen LogP contribution is 2.28. The SMILES string of the molecule is Cc1cccc(OCCNC(=O)CC2(N)CCCCC2)c1. The van der Waals surface area contributed by atoms with Crippen molar-refractivity contribution in [1.29, 1.82) is 0 Å². The lowest BCUT2D eigenvalue weighted by atomic mass is 9.80. The molecule has 2 rings (SSSR count). The van der Waals surface area contributed by atoms with Crippen molar-refractivity contribution in [3.05, 3.63) is 29.8 Å². The number of benzene rings is 1. The van der Waals surface area contributed by atoms with Gasteiger partial charge in [-0.05, 0) is 37.5 Å². The third kappa shape index (κ3) is 5.38. The summed E-state index contributed by atoms with van der Waals surface area (Å²) in [6.07, 6.45) is 5.86. The summed E-state index contributed by atoms with van der Waals surface area (Å²) in [4.78, 5) is 11.9. The normalized spacial score (nSPS) is 17.2. The zero-order valence-corrected chi connectivity index (χ0v) is 12.9. The van der Waals surface area contributed by atoms with Crippen LogP contribution in [0.1, 0.15) is 44.1 Å². The van der Waals surface area contributed by atoms with Crippen molar-refractivity contribution >= 4 is 5.91 Å². The van der Waals surface area contributed by atoms with Crippen LogP contribution in [0, 0.1) is 6.92 Å². The second-order valence-corrected chi connectivity index (χ2v) is 6.11. The zero-order chi connectivity index (χ0) is 15.1. The number of amides is 1. The second-order valence-electron chi connectivity index (χ2n) is 6.11. The largest absolute Gasteiger partial charge is 0.492 e. The Kier molecular flexibility index (Phi) is 5.62. The van der Waals surface area contributed by atoms with Crippen LogP contribution in [0.4, 0.5) is 0 Å². The molecule has 0 heterocycles. The maximum absolute atomic E-state index is 11.9. The van der Waals surface area contributed by atoms with Crippen LogP contribution in [0.5, 0.6) is 5.75 Å². The molecule has 0 radical (unpaired) electrons. The van der Waals surface area contributed by atoms with Gasteiger partial charge in [-0.15, -0.1) is 0 Å². The van der Waals surface area contributed by atoms with Gasteiger partial charge in [0.05, 0.1) is 6.54 Å². The summed E-state index contributed by atoms with van der Waals surface area (Å²) in [5, 5.41) is 2.90. The molecule has 1 aromatic rings. The molecule has 1 saturated carbocycles. The van der Waals surface area contributed by atoms with Gasteiger partial charge in [0.2, 0.25) is 5.91 Å². The van der Waals surface area contributed by atoms with Gasteiger partial charge in [-0.25, -0.2) is 0 Å². The number of carbonyl (C=O) groups is 1. The Balaban J connectivity index is 1.65. The van der Waals surface area contributed by atoms with Crippen LogP contribution in [0.25, 0.3) is 0 Å². The number of ether oxygens (including phenoxy) is 1. The summed E-state index contributed by atoms with van der Waals surface area (Å²) in [5.41, 5.74) is 7.15. The van der Waals surface area contributed by atoms with Crippen molar-refractivity contribution in [2.45, 2.75) is 51.0 Å². The second kappa shape index (κ2) is 7.46. The Morgan fingerprint density at radius 2 is 2.10 bits per heavy atom. The Morgan fingerprint density at radius 1 is 1.33 bits per heavy atom. The van der Waals surface area contributed by atoms with E-state index in [-0.39, 0.29) is 11.4 Å². The molecule has 116 valence electrons. The number of nitrogens with two attached hydrogens (primary N) is 1. The van der Waals surface area contributed by atoms with Crippen LogP contribution in [0.15, 0.2) is 24.3 Å². The molecule has 1 aromatic carbocycles. The zero-order valence-electron chi connectivity index (χ0n) is 12.9. The average Bonchev–Trinajstić information content (AvgIpc) is 2.44. The molecule has 4 heteroatoms. The quantitative estimate of drug-likeness (QED) is 0.791. The number of aryl methyl sites for hydroxylation is 1. The van der Waals surface area contributed by atoms with Crippen LogP contribution >= 0.6 is 0 Å². The van der Waals surface area contributed by atoms with Crippen LogP contribution in [-0.4, -0.2) is 24.6 Å². The predicted molar refractivity (Wildman–Crippen MR) is 84.3 cm³/mol. The van der Waals surface area contributed by atoms with Crippen LogP contribution in [0.2, 0.25) is 0 Å². The molecule has 0 aromatic heterocycles. The first-order valence-electron chi connectivity index (χ1n) is 7.82. The van der Waals surface area contributed by atoms with E-state index in [0.717, 1.165) is 31.4 Å².